The van der Waals surface area contributed by atoms with Gasteiger partial charge in [0.1, 0.15) is 5.04 Å². The summed E-state index contributed by atoms with van der Waals surface area (Å²) in [4.78, 5) is 27.1. The highest BCUT2D eigenvalue weighted by Gasteiger charge is 2.36. The van der Waals surface area contributed by atoms with E-state index in [0.29, 0.717) is 16.5 Å². The second-order valence-electron chi connectivity index (χ2n) is 6.81. The van der Waals surface area contributed by atoms with Crippen LogP contribution in [0.15, 0.2) is 52.2 Å². The normalized spacial score (nSPS) is 17.5. The highest BCUT2D eigenvalue weighted by molar-refractivity contribution is 8.27. The molecule has 2 aromatic rings. The van der Waals surface area contributed by atoms with Crippen molar-refractivity contribution in [2.45, 2.75) is 13.8 Å². The molecule has 0 unspecified atom stereocenters. The zero-order chi connectivity index (χ0) is 21.6. The summed E-state index contributed by atoms with van der Waals surface area (Å²) in [6.45, 7) is 3.96. The predicted octanol–water partition coefficient (Wildman–Crippen LogP) is 4.31. The number of aromatic nitrogens is 1. The van der Waals surface area contributed by atoms with Crippen LogP contribution in [0, 0.1) is 21.4 Å². The van der Waals surface area contributed by atoms with Crippen molar-refractivity contribution in [2.24, 2.45) is 16.0 Å². The molecular formula is C19H15ClN6O3S. The smallest absolute Gasteiger partial charge is 0.283 e. The number of nitro groups is 1. The van der Waals surface area contributed by atoms with Crippen LogP contribution in [-0.4, -0.2) is 36.5 Å². The molecule has 0 aliphatic carbocycles. The van der Waals surface area contributed by atoms with E-state index in [1.54, 1.807) is 22.9 Å². The fraction of sp³-hybridized carbons (Fsp3) is 0.158. The highest BCUT2D eigenvalue weighted by Crippen LogP contribution is 2.32. The van der Waals surface area contributed by atoms with Gasteiger partial charge in [0.05, 0.1) is 21.2 Å². The second kappa shape index (κ2) is 7.54. The lowest BCUT2D eigenvalue weighted by Gasteiger charge is -2.20. The lowest BCUT2D eigenvalue weighted by atomic mass is 10.1. The molecule has 1 aromatic heterocycles. The first kappa shape index (κ1) is 20.0. The summed E-state index contributed by atoms with van der Waals surface area (Å²) in [5.41, 5.74) is 1.05. The Hall–Kier alpha value is -3.24. The number of amidine groups is 2. The lowest BCUT2D eigenvalue weighted by molar-refractivity contribution is -0.384. The van der Waals surface area contributed by atoms with Crippen LogP contribution in [0.2, 0.25) is 5.02 Å². The van der Waals surface area contributed by atoms with Gasteiger partial charge in [-0.25, -0.2) is 0 Å². The van der Waals surface area contributed by atoms with Crippen LogP contribution in [0.3, 0.4) is 0 Å². The van der Waals surface area contributed by atoms with Gasteiger partial charge < -0.3 is 4.57 Å². The zero-order valence-corrected chi connectivity index (χ0v) is 17.4. The summed E-state index contributed by atoms with van der Waals surface area (Å²) in [7, 11) is 0. The first-order valence-electron chi connectivity index (χ1n) is 8.88. The van der Waals surface area contributed by atoms with E-state index in [0.717, 1.165) is 5.04 Å². The number of hydrogen-bond donors (Lipinski definition) is 1. The third kappa shape index (κ3) is 3.44. The number of amides is 1. The number of carbonyl (C=O) groups is 1. The van der Waals surface area contributed by atoms with Crippen molar-refractivity contribution in [1.82, 2.24) is 9.58 Å². The number of nitro benzene ring substituents is 1. The number of nitrogens with one attached hydrogen (secondary N) is 1. The Balaban J connectivity index is 1.73. The molecule has 9 nitrogen and oxygen atoms in total. The first-order chi connectivity index (χ1) is 14.3. The second-order valence-corrected chi connectivity index (χ2v) is 8.20. The molecule has 0 saturated heterocycles. The number of thioether (sulfide) groups is 1. The minimum Gasteiger partial charge on any atom is -0.316 e. The average Bonchev–Trinajstić information content (AvgIpc) is 3.32. The third-order valence-corrected chi connectivity index (χ3v) is 5.95. The summed E-state index contributed by atoms with van der Waals surface area (Å²) in [6.07, 6.45) is 3.25. The van der Waals surface area contributed by atoms with Crippen molar-refractivity contribution < 1.29 is 9.72 Å². The van der Waals surface area contributed by atoms with E-state index in [1.807, 2.05) is 13.8 Å². The van der Waals surface area contributed by atoms with Gasteiger partial charge in [-0.2, -0.15) is 15.1 Å². The van der Waals surface area contributed by atoms with E-state index < -0.39 is 10.8 Å². The molecule has 30 heavy (non-hydrogen) atoms. The number of rotatable bonds is 4. The minimum atomic E-state index is -0.526. The lowest BCUT2D eigenvalue weighted by Crippen LogP contribution is -2.35. The number of benzene rings is 1. The quantitative estimate of drug-likeness (QED) is 0.430. The molecule has 3 heterocycles. The number of fused-ring (bicyclic) bond motifs is 1. The maximum Gasteiger partial charge on any atom is 0.283 e. The van der Waals surface area contributed by atoms with E-state index in [2.05, 4.69) is 10.1 Å². The Morgan fingerprint density at radius 3 is 2.77 bits per heavy atom. The van der Waals surface area contributed by atoms with E-state index >= 15 is 0 Å². The van der Waals surface area contributed by atoms with Gasteiger partial charge in [-0.05, 0) is 36.0 Å². The average molecular weight is 443 g/mol. The molecule has 0 atom stereocenters. The molecule has 4 rings (SSSR count). The SMILES string of the molecule is CC(C)C1=NN2C(=N)/C(=C\c3cccn3-c3ccc([N+](=O)[O-])cc3Cl)C(=O)N=C2S1. The zero-order valence-electron chi connectivity index (χ0n) is 15.9. The summed E-state index contributed by atoms with van der Waals surface area (Å²) in [5, 5.41) is 26.5. The number of halogens is 1. The first-order valence-corrected chi connectivity index (χ1v) is 10.1. The molecule has 152 valence electrons. The van der Waals surface area contributed by atoms with Gasteiger partial charge in [-0.1, -0.05) is 25.4 Å². The molecule has 1 aromatic carbocycles. The van der Waals surface area contributed by atoms with Gasteiger partial charge in [0.15, 0.2) is 5.84 Å². The minimum absolute atomic E-state index is 0.0595. The largest absolute Gasteiger partial charge is 0.316 e. The molecule has 0 spiro atoms. The highest BCUT2D eigenvalue weighted by atomic mass is 35.5. The van der Waals surface area contributed by atoms with Gasteiger partial charge >= 0.3 is 0 Å². The van der Waals surface area contributed by atoms with Crippen LogP contribution in [0.5, 0.6) is 0 Å². The van der Waals surface area contributed by atoms with Gasteiger partial charge in [-0.3, -0.25) is 20.3 Å². The summed E-state index contributed by atoms with van der Waals surface area (Å²) in [5.74, 6) is -0.433. The Bertz CT molecular complexity index is 1200. The monoisotopic (exact) mass is 442 g/mol. The Kier molecular flexibility index (Phi) is 5.04. The van der Waals surface area contributed by atoms with Gasteiger partial charge in [0.25, 0.3) is 11.6 Å². The summed E-state index contributed by atoms with van der Waals surface area (Å²) in [6, 6.07) is 7.64. The maximum atomic E-state index is 12.6. The number of non-ortho nitro benzene ring substituents is 1. The van der Waals surface area contributed by atoms with Crippen molar-refractivity contribution in [2.75, 3.05) is 0 Å². The van der Waals surface area contributed by atoms with Crippen LogP contribution >= 0.6 is 23.4 Å². The number of hydrazone groups is 1. The topological polar surface area (TPSA) is 117 Å². The fourth-order valence-corrected chi connectivity index (χ4v) is 4.08. The van der Waals surface area contributed by atoms with Gasteiger partial charge in [0.2, 0.25) is 5.17 Å². The van der Waals surface area contributed by atoms with Crippen molar-refractivity contribution in [3.8, 4) is 5.69 Å². The maximum absolute atomic E-state index is 12.6. The molecule has 0 radical (unpaired) electrons. The molecule has 0 saturated carbocycles. The van der Waals surface area contributed by atoms with Crippen molar-refractivity contribution in [3.63, 3.8) is 0 Å². The van der Waals surface area contributed by atoms with Gasteiger partial charge in [-0.15, -0.1) is 0 Å². The van der Waals surface area contributed by atoms with Crippen LogP contribution in [0.25, 0.3) is 11.8 Å². The molecule has 0 fully saturated rings. The molecule has 1 N–H and O–H groups in total. The number of carbonyl (C=O) groups excluding carboxylic acids is 1. The van der Waals surface area contributed by atoms with E-state index in [1.165, 1.54) is 41.0 Å². The number of hydrogen-bond acceptors (Lipinski definition) is 6. The predicted molar refractivity (Wildman–Crippen MR) is 117 cm³/mol. The fourth-order valence-electron chi connectivity index (χ4n) is 2.92. The Morgan fingerprint density at radius 2 is 2.10 bits per heavy atom. The number of aliphatic imine (C=N–C) groups is 1. The molecule has 2 aliphatic rings. The van der Waals surface area contributed by atoms with Crippen LogP contribution in [0.4, 0.5) is 5.69 Å². The van der Waals surface area contributed by atoms with E-state index in [-0.39, 0.29) is 28.0 Å². The summed E-state index contributed by atoms with van der Waals surface area (Å²) < 4.78 is 1.68. The standard InChI is InChI=1S/C19H15ClN6O3S/c1-10(2)18-23-25-16(21)13(17(27)22-19(25)30-18)8-11-4-3-7-24(11)15-6-5-12(26(28)29)9-14(15)20/h3-10,21H,1-2H3/b13-8+,21-16?. The van der Waals surface area contributed by atoms with Crippen LogP contribution in [-0.2, 0) is 4.79 Å². The Labute approximate surface area is 180 Å². The van der Waals surface area contributed by atoms with E-state index in [4.69, 9.17) is 17.0 Å². The van der Waals surface area contributed by atoms with Gasteiger partial charge in [0, 0.05) is 29.9 Å². The van der Waals surface area contributed by atoms with Crippen LogP contribution < -0.4 is 0 Å². The molecule has 2 aliphatic heterocycles. The van der Waals surface area contributed by atoms with Crippen LogP contribution in [0.1, 0.15) is 19.5 Å². The number of nitrogens with zero attached hydrogens (tertiary/aromatic N) is 5. The van der Waals surface area contributed by atoms with Crippen molar-refractivity contribution in [1.29, 1.82) is 5.41 Å². The Morgan fingerprint density at radius 1 is 1.33 bits per heavy atom. The molecule has 0 bridgehead atoms. The van der Waals surface area contributed by atoms with Crippen molar-refractivity contribution in [3.05, 3.63) is 62.9 Å². The van der Waals surface area contributed by atoms with E-state index in [9.17, 15) is 14.9 Å². The van der Waals surface area contributed by atoms with Crippen molar-refractivity contribution >= 4 is 57.1 Å². The molecule has 1 amide bonds. The molecular weight excluding hydrogens is 428 g/mol. The summed E-state index contributed by atoms with van der Waals surface area (Å²) >= 11 is 7.54. The third-order valence-electron chi connectivity index (χ3n) is 4.44. The molecule has 11 heteroatoms.